The molecule has 0 unspecified atom stereocenters. The van der Waals surface area contributed by atoms with Crippen molar-refractivity contribution >= 4 is 17.7 Å². The highest BCUT2D eigenvalue weighted by molar-refractivity contribution is 7.99. The number of rotatable bonds is 6. The average Bonchev–Trinajstić information content (AvgIpc) is 3.22. The number of aromatic amines is 1. The Balaban J connectivity index is 1.52. The number of benzene rings is 1. The third-order valence-electron chi connectivity index (χ3n) is 3.19. The minimum Gasteiger partial charge on any atom is -0.508 e. The van der Waals surface area contributed by atoms with Crippen LogP contribution in [-0.4, -0.2) is 53.7 Å². The summed E-state index contributed by atoms with van der Waals surface area (Å²) in [6, 6.07) is 8.28. The number of carbonyl (C=O) groups is 1. The molecule has 124 valence electrons. The number of H-pyrrole nitrogens is 1. The summed E-state index contributed by atoms with van der Waals surface area (Å²) in [6.45, 7) is 0.476. The molecule has 24 heavy (non-hydrogen) atoms. The number of hydrogen-bond donors (Lipinski definition) is 3. The van der Waals surface area contributed by atoms with E-state index in [9.17, 15) is 9.90 Å². The summed E-state index contributed by atoms with van der Waals surface area (Å²) >= 11 is 1.46. The lowest BCUT2D eigenvalue weighted by Gasteiger charge is -2.02. The Morgan fingerprint density at radius 2 is 2.17 bits per heavy atom. The number of aromatic hydroxyl groups is 1. The summed E-state index contributed by atoms with van der Waals surface area (Å²) in [7, 11) is 1.76. The van der Waals surface area contributed by atoms with Crippen LogP contribution in [0.3, 0.4) is 0 Å². The SMILES string of the molecule is Cn1nnnc1SCCNC(=O)c1cc(-c2ccc(O)cc2)n[nH]1. The van der Waals surface area contributed by atoms with E-state index in [2.05, 4.69) is 31.0 Å². The summed E-state index contributed by atoms with van der Waals surface area (Å²) in [5, 5.41) is 30.8. The van der Waals surface area contributed by atoms with Crippen molar-refractivity contribution in [3.05, 3.63) is 36.0 Å². The molecule has 3 N–H and O–H groups in total. The van der Waals surface area contributed by atoms with Crippen molar-refractivity contribution in [1.82, 2.24) is 35.7 Å². The first-order chi connectivity index (χ1) is 11.6. The Hall–Kier alpha value is -2.88. The van der Waals surface area contributed by atoms with Crippen molar-refractivity contribution in [2.24, 2.45) is 7.05 Å². The van der Waals surface area contributed by atoms with Gasteiger partial charge in [-0.2, -0.15) is 5.10 Å². The molecule has 1 aromatic carbocycles. The first-order valence-corrected chi connectivity index (χ1v) is 8.10. The zero-order chi connectivity index (χ0) is 16.9. The highest BCUT2D eigenvalue weighted by Gasteiger charge is 2.11. The van der Waals surface area contributed by atoms with Crippen molar-refractivity contribution < 1.29 is 9.90 Å². The van der Waals surface area contributed by atoms with Crippen LogP contribution in [0.4, 0.5) is 0 Å². The van der Waals surface area contributed by atoms with Gasteiger partial charge in [-0.1, -0.05) is 11.8 Å². The highest BCUT2D eigenvalue weighted by atomic mass is 32.2. The predicted molar refractivity (Wildman–Crippen MR) is 87.5 cm³/mol. The topological polar surface area (TPSA) is 122 Å². The number of tetrazole rings is 1. The quantitative estimate of drug-likeness (QED) is 0.447. The van der Waals surface area contributed by atoms with Crippen LogP contribution in [-0.2, 0) is 7.05 Å². The molecule has 0 radical (unpaired) electrons. The van der Waals surface area contributed by atoms with Gasteiger partial charge >= 0.3 is 0 Å². The van der Waals surface area contributed by atoms with Crippen molar-refractivity contribution in [2.75, 3.05) is 12.3 Å². The Bertz CT molecular complexity index is 828. The van der Waals surface area contributed by atoms with Crippen molar-refractivity contribution in [1.29, 1.82) is 0 Å². The summed E-state index contributed by atoms with van der Waals surface area (Å²) in [5.41, 5.74) is 1.83. The smallest absolute Gasteiger partial charge is 0.269 e. The van der Waals surface area contributed by atoms with Gasteiger partial charge in [0.2, 0.25) is 5.16 Å². The lowest BCUT2D eigenvalue weighted by molar-refractivity contribution is 0.0951. The monoisotopic (exact) mass is 345 g/mol. The maximum absolute atomic E-state index is 12.1. The zero-order valence-electron chi connectivity index (χ0n) is 12.8. The van der Waals surface area contributed by atoms with Gasteiger partial charge in [0.05, 0.1) is 5.69 Å². The van der Waals surface area contributed by atoms with Crippen LogP contribution in [0.15, 0.2) is 35.5 Å². The molecule has 0 bridgehead atoms. The van der Waals surface area contributed by atoms with Gasteiger partial charge in [-0.3, -0.25) is 9.89 Å². The normalized spacial score (nSPS) is 10.7. The molecule has 9 nitrogen and oxygen atoms in total. The zero-order valence-corrected chi connectivity index (χ0v) is 13.6. The number of hydrogen-bond acceptors (Lipinski definition) is 7. The van der Waals surface area contributed by atoms with Gasteiger partial charge in [-0.05, 0) is 40.8 Å². The van der Waals surface area contributed by atoms with Gasteiger partial charge in [0, 0.05) is 24.9 Å². The molecule has 0 spiro atoms. The second kappa shape index (κ2) is 7.13. The Labute approximate surface area is 141 Å². The molecule has 0 aliphatic heterocycles. The molecule has 3 rings (SSSR count). The van der Waals surface area contributed by atoms with Gasteiger partial charge in [0.1, 0.15) is 11.4 Å². The first-order valence-electron chi connectivity index (χ1n) is 7.11. The lowest BCUT2D eigenvalue weighted by atomic mass is 10.1. The van der Waals surface area contributed by atoms with E-state index >= 15 is 0 Å². The number of carbonyl (C=O) groups excluding carboxylic acids is 1. The van der Waals surface area contributed by atoms with Crippen LogP contribution in [0.25, 0.3) is 11.3 Å². The van der Waals surface area contributed by atoms with Crippen LogP contribution >= 0.6 is 11.8 Å². The van der Waals surface area contributed by atoms with Gasteiger partial charge in [0.15, 0.2) is 0 Å². The number of aryl methyl sites for hydroxylation is 1. The van der Waals surface area contributed by atoms with Crippen molar-refractivity contribution in [3.63, 3.8) is 0 Å². The average molecular weight is 345 g/mol. The fraction of sp³-hybridized carbons (Fsp3) is 0.214. The predicted octanol–water partition coefficient (Wildman–Crippen LogP) is 0.828. The molecule has 0 aliphatic rings. The Morgan fingerprint density at radius 1 is 1.38 bits per heavy atom. The van der Waals surface area contributed by atoms with Crippen LogP contribution in [0.1, 0.15) is 10.5 Å². The van der Waals surface area contributed by atoms with E-state index < -0.39 is 0 Å². The van der Waals surface area contributed by atoms with E-state index in [4.69, 9.17) is 0 Å². The molecule has 0 saturated carbocycles. The van der Waals surface area contributed by atoms with E-state index in [0.717, 1.165) is 5.56 Å². The van der Waals surface area contributed by atoms with E-state index in [1.54, 1.807) is 42.1 Å². The van der Waals surface area contributed by atoms with Gasteiger partial charge in [0.25, 0.3) is 5.91 Å². The maximum Gasteiger partial charge on any atom is 0.269 e. The molecular weight excluding hydrogens is 330 g/mol. The molecule has 0 saturated heterocycles. The largest absolute Gasteiger partial charge is 0.508 e. The number of nitrogens with zero attached hydrogens (tertiary/aromatic N) is 5. The second-order valence-corrected chi connectivity index (χ2v) is 5.97. The van der Waals surface area contributed by atoms with E-state index in [1.807, 2.05) is 0 Å². The van der Waals surface area contributed by atoms with Crippen LogP contribution in [0, 0.1) is 0 Å². The number of nitrogens with one attached hydrogen (secondary N) is 2. The minimum atomic E-state index is -0.232. The lowest BCUT2D eigenvalue weighted by Crippen LogP contribution is -2.26. The molecule has 2 aromatic heterocycles. The van der Waals surface area contributed by atoms with Crippen LogP contribution < -0.4 is 5.32 Å². The molecule has 1 amide bonds. The Kier molecular flexibility index (Phi) is 4.75. The van der Waals surface area contributed by atoms with Crippen LogP contribution in [0.5, 0.6) is 5.75 Å². The Morgan fingerprint density at radius 3 is 2.88 bits per heavy atom. The number of phenols is 1. The molecule has 3 aromatic rings. The highest BCUT2D eigenvalue weighted by Crippen LogP contribution is 2.20. The fourth-order valence-electron chi connectivity index (χ4n) is 1.96. The van der Waals surface area contributed by atoms with Crippen molar-refractivity contribution in [3.8, 4) is 17.0 Å². The first kappa shape index (κ1) is 16.0. The van der Waals surface area contributed by atoms with Crippen molar-refractivity contribution in [2.45, 2.75) is 5.16 Å². The van der Waals surface area contributed by atoms with Crippen LogP contribution in [0.2, 0.25) is 0 Å². The maximum atomic E-state index is 12.1. The number of phenolic OH excluding ortho intramolecular Hbond substituents is 1. The van der Waals surface area contributed by atoms with E-state index in [1.165, 1.54) is 11.8 Å². The minimum absolute atomic E-state index is 0.183. The second-order valence-electron chi connectivity index (χ2n) is 4.90. The molecule has 0 atom stereocenters. The van der Waals surface area contributed by atoms with Gasteiger partial charge < -0.3 is 10.4 Å². The number of aromatic nitrogens is 6. The van der Waals surface area contributed by atoms with E-state index in [-0.39, 0.29) is 11.7 Å². The molecular formula is C14H15N7O2S. The third-order valence-corrected chi connectivity index (χ3v) is 4.20. The molecule has 2 heterocycles. The molecule has 0 aliphatic carbocycles. The van der Waals surface area contributed by atoms with Gasteiger partial charge in [-0.15, -0.1) is 5.10 Å². The molecule has 10 heteroatoms. The summed E-state index contributed by atoms with van der Waals surface area (Å²) in [5.74, 6) is 0.603. The standard InChI is InChI=1S/C14H15N7O2S/c1-21-14(18-19-20-21)24-7-6-15-13(23)12-8-11(16-17-12)9-2-4-10(22)5-3-9/h2-5,8,22H,6-7H2,1H3,(H,15,23)(H,16,17). The van der Waals surface area contributed by atoms with Gasteiger partial charge in [-0.25, -0.2) is 4.68 Å². The molecule has 0 fully saturated rings. The number of thioether (sulfide) groups is 1. The summed E-state index contributed by atoms with van der Waals surface area (Å²) < 4.78 is 1.57. The summed E-state index contributed by atoms with van der Waals surface area (Å²) in [4.78, 5) is 12.1. The third kappa shape index (κ3) is 3.71. The fourth-order valence-corrected chi connectivity index (χ4v) is 2.67. The summed E-state index contributed by atoms with van der Waals surface area (Å²) in [6.07, 6.45) is 0. The number of amides is 1. The van der Waals surface area contributed by atoms with E-state index in [0.29, 0.717) is 28.8 Å².